The van der Waals surface area contributed by atoms with Gasteiger partial charge in [0.2, 0.25) is 0 Å². The van der Waals surface area contributed by atoms with Gasteiger partial charge in [0.25, 0.3) is 0 Å². The van der Waals surface area contributed by atoms with Crippen LogP contribution in [0.3, 0.4) is 0 Å². The first-order valence-electron chi connectivity index (χ1n) is 16.0. The standard InChI is InChI=1S/C36H42BN3O5/c1-35(2)29-20-31(35)36(3)32(21-29)44-37(45-36)33(19-24-9-5-4-6-10-24)40-34(42)43-14-12-25-15-26(17-27(16-25)23-41)18-28(22-38)30-11-7-8-13-39-30/h4-11,13,15-17,28-29,31-33,41H,12,14,18-21,23H2,1-3H3,(H,40,42)/t28?,29-,31-,32+,33-,36-/m0/s1. The summed E-state index contributed by atoms with van der Waals surface area (Å²) < 4.78 is 18.9. The fraction of sp³-hybridized carbons (Fsp3) is 0.472. The average Bonchev–Trinajstić information content (AvgIpc) is 3.41. The van der Waals surface area contributed by atoms with E-state index in [9.17, 15) is 15.2 Å². The van der Waals surface area contributed by atoms with Crippen molar-refractivity contribution in [3.63, 3.8) is 0 Å². The number of aliphatic hydroxyl groups excluding tert-OH is 1. The van der Waals surface area contributed by atoms with Crippen molar-refractivity contribution in [1.82, 2.24) is 10.3 Å². The lowest BCUT2D eigenvalue weighted by atomic mass is 9.43. The first-order chi connectivity index (χ1) is 21.7. The van der Waals surface area contributed by atoms with Crippen molar-refractivity contribution in [1.29, 1.82) is 5.26 Å². The lowest BCUT2D eigenvalue weighted by molar-refractivity contribution is -0.199. The number of benzene rings is 2. The molecule has 6 atom stereocenters. The number of carbonyl (C=O) groups is 1. The second kappa shape index (κ2) is 13.0. The van der Waals surface area contributed by atoms with E-state index in [0.717, 1.165) is 35.1 Å². The Labute approximate surface area is 266 Å². The summed E-state index contributed by atoms with van der Waals surface area (Å²) in [5.41, 5.74) is 4.24. The highest BCUT2D eigenvalue weighted by molar-refractivity contribution is 6.47. The number of nitrogens with one attached hydrogen (secondary N) is 1. The lowest BCUT2D eigenvalue weighted by Crippen LogP contribution is -2.65. The minimum absolute atomic E-state index is 0.0154. The van der Waals surface area contributed by atoms with Gasteiger partial charge in [-0.1, -0.05) is 68.4 Å². The Morgan fingerprint density at radius 1 is 1.07 bits per heavy atom. The largest absolute Gasteiger partial charge is 0.482 e. The van der Waals surface area contributed by atoms with Gasteiger partial charge in [0.15, 0.2) is 0 Å². The Hall–Kier alpha value is -3.71. The van der Waals surface area contributed by atoms with Crippen LogP contribution in [0.5, 0.6) is 0 Å². The molecular formula is C36H42BN3O5. The summed E-state index contributed by atoms with van der Waals surface area (Å²) in [6, 6.07) is 23.7. The summed E-state index contributed by atoms with van der Waals surface area (Å²) in [5, 5.41) is 22.7. The van der Waals surface area contributed by atoms with Gasteiger partial charge in [0, 0.05) is 12.6 Å². The van der Waals surface area contributed by atoms with Gasteiger partial charge in [-0.3, -0.25) is 4.98 Å². The number of amides is 1. The van der Waals surface area contributed by atoms with Crippen LogP contribution in [-0.4, -0.2) is 47.6 Å². The highest BCUT2D eigenvalue weighted by Crippen LogP contribution is 2.65. The Balaban J connectivity index is 1.09. The molecule has 1 aliphatic heterocycles. The van der Waals surface area contributed by atoms with E-state index in [4.69, 9.17) is 14.0 Å². The number of hydrogen-bond donors (Lipinski definition) is 2. The molecule has 4 fully saturated rings. The number of ether oxygens (including phenoxy) is 1. The molecule has 4 aliphatic rings. The molecule has 1 saturated heterocycles. The van der Waals surface area contributed by atoms with E-state index in [2.05, 4.69) is 37.1 Å². The number of nitrogens with zero attached hydrogens (tertiary/aromatic N) is 2. The zero-order valence-corrected chi connectivity index (χ0v) is 26.3. The van der Waals surface area contributed by atoms with Gasteiger partial charge < -0.3 is 24.5 Å². The van der Waals surface area contributed by atoms with E-state index < -0.39 is 25.1 Å². The van der Waals surface area contributed by atoms with Gasteiger partial charge >= 0.3 is 13.2 Å². The van der Waals surface area contributed by atoms with E-state index in [1.165, 1.54) is 0 Å². The van der Waals surface area contributed by atoms with Crippen molar-refractivity contribution in [2.45, 2.75) is 83.0 Å². The van der Waals surface area contributed by atoms with Crippen LogP contribution < -0.4 is 5.32 Å². The second-order valence-corrected chi connectivity index (χ2v) is 13.6. The normalized spacial score (nSPS) is 25.8. The van der Waals surface area contributed by atoms with E-state index in [1.807, 2.05) is 66.7 Å². The van der Waals surface area contributed by atoms with Gasteiger partial charge in [0.1, 0.15) is 0 Å². The molecule has 1 amide bonds. The van der Waals surface area contributed by atoms with Gasteiger partial charge in [0.05, 0.1) is 48.5 Å². The zero-order chi connectivity index (χ0) is 31.6. The number of alkyl carbamates (subject to hydrolysis) is 1. The Morgan fingerprint density at radius 3 is 2.53 bits per heavy atom. The summed E-state index contributed by atoms with van der Waals surface area (Å²) in [6.07, 6.45) is 4.80. The molecule has 2 heterocycles. The number of pyridine rings is 1. The van der Waals surface area contributed by atoms with Gasteiger partial charge in [-0.25, -0.2) is 4.79 Å². The number of aromatic nitrogens is 1. The van der Waals surface area contributed by atoms with Crippen molar-refractivity contribution in [2.75, 3.05) is 6.61 Å². The average molecular weight is 608 g/mol. The van der Waals surface area contributed by atoms with Gasteiger partial charge in [-0.15, -0.1) is 0 Å². The number of rotatable bonds is 11. The summed E-state index contributed by atoms with van der Waals surface area (Å²) in [6.45, 7) is 6.89. The lowest BCUT2D eigenvalue weighted by Gasteiger charge is -2.64. The fourth-order valence-corrected chi connectivity index (χ4v) is 7.84. The Bertz CT molecular complexity index is 1530. The van der Waals surface area contributed by atoms with Gasteiger partial charge in [-0.05, 0) is 84.2 Å². The molecule has 234 valence electrons. The van der Waals surface area contributed by atoms with Crippen molar-refractivity contribution >= 4 is 13.2 Å². The molecule has 8 nitrogen and oxygen atoms in total. The van der Waals surface area contributed by atoms with E-state index in [0.29, 0.717) is 36.8 Å². The molecule has 3 aromatic rings. The number of nitriles is 1. The van der Waals surface area contributed by atoms with Crippen LogP contribution in [0.25, 0.3) is 0 Å². The van der Waals surface area contributed by atoms with Crippen molar-refractivity contribution < 1.29 is 23.9 Å². The van der Waals surface area contributed by atoms with Crippen LogP contribution in [-0.2, 0) is 39.9 Å². The van der Waals surface area contributed by atoms with Gasteiger partial charge in [-0.2, -0.15) is 5.26 Å². The first-order valence-corrected chi connectivity index (χ1v) is 16.0. The monoisotopic (exact) mass is 607 g/mol. The minimum atomic E-state index is -0.570. The molecule has 45 heavy (non-hydrogen) atoms. The van der Waals surface area contributed by atoms with Crippen LogP contribution in [0.2, 0.25) is 0 Å². The van der Waals surface area contributed by atoms with Crippen molar-refractivity contribution in [3.05, 3.63) is 101 Å². The molecule has 7 rings (SSSR count). The molecule has 9 heteroatoms. The van der Waals surface area contributed by atoms with Crippen LogP contribution in [0, 0.1) is 28.6 Å². The van der Waals surface area contributed by atoms with Crippen molar-refractivity contribution in [3.8, 4) is 6.07 Å². The topological polar surface area (TPSA) is 114 Å². The number of carbonyl (C=O) groups excluding carboxylic acids is 1. The third-order valence-corrected chi connectivity index (χ3v) is 10.5. The zero-order valence-electron chi connectivity index (χ0n) is 26.3. The van der Waals surface area contributed by atoms with Crippen LogP contribution in [0.15, 0.2) is 72.9 Å². The third-order valence-electron chi connectivity index (χ3n) is 10.5. The molecule has 1 unspecified atom stereocenters. The molecule has 2 bridgehead atoms. The van der Waals surface area contributed by atoms with Crippen LogP contribution in [0.1, 0.15) is 67.5 Å². The van der Waals surface area contributed by atoms with E-state index in [-0.39, 0.29) is 30.3 Å². The predicted molar refractivity (Wildman–Crippen MR) is 171 cm³/mol. The van der Waals surface area contributed by atoms with Crippen LogP contribution >= 0.6 is 0 Å². The molecule has 2 N–H and O–H groups in total. The number of hydrogen-bond acceptors (Lipinski definition) is 7. The van der Waals surface area contributed by atoms with Crippen molar-refractivity contribution in [2.24, 2.45) is 17.3 Å². The first kappa shape index (κ1) is 31.3. The number of aliphatic hydroxyl groups is 1. The molecule has 2 aromatic carbocycles. The molecular weight excluding hydrogens is 565 g/mol. The van der Waals surface area contributed by atoms with E-state index in [1.54, 1.807) is 6.20 Å². The summed E-state index contributed by atoms with van der Waals surface area (Å²) in [4.78, 5) is 17.5. The summed E-state index contributed by atoms with van der Waals surface area (Å²) in [7, 11) is -0.570. The molecule has 3 saturated carbocycles. The molecule has 0 radical (unpaired) electrons. The van der Waals surface area contributed by atoms with Crippen LogP contribution in [0.4, 0.5) is 4.79 Å². The highest BCUT2D eigenvalue weighted by atomic mass is 16.7. The SMILES string of the molecule is CC1(C)[C@@H]2C[C@H]3OB([C@H](Cc4ccccc4)NC(=O)OCCc4cc(CO)cc(CC(C#N)c5ccccn5)c4)O[C@@]3(C)[C@H]1C2. The molecule has 3 aliphatic carbocycles. The third kappa shape index (κ3) is 6.51. The second-order valence-electron chi connectivity index (χ2n) is 13.6. The quantitative estimate of drug-likeness (QED) is 0.274. The Morgan fingerprint density at radius 2 is 1.82 bits per heavy atom. The minimum Gasteiger partial charge on any atom is -0.449 e. The summed E-state index contributed by atoms with van der Waals surface area (Å²) >= 11 is 0. The smallest absolute Gasteiger partial charge is 0.449 e. The maximum Gasteiger partial charge on any atom is 0.482 e. The molecule has 0 spiro atoms. The maximum absolute atomic E-state index is 13.2. The highest BCUT2D eigenvalue weighted by Gasteiger charge is 2.68. The maximum atomic E-state index is 13.2. The predicted octanol–water partition coefficient (Wildman–Crippen LogP) is 5.57. The Kier molecular flexibility index (Phi) is 9.01. The summed E-state index contributed by atoms with van der Waals surface area (Å²) in [5.74, 6) is 0.245. The molecule has 1 aromatic heterocycles. The fourth-order valence-electron chi connectivity index (χ4n) is 7.84. The van der Waals surface area contributed by atoms with E-state index >= 15 is 0 Å².